The van der Waals surface area contributed by atoms with Crippen molar-refractivity contribution >= 4 is 49.1 Å². The van der Waals surface area contributed by atoms with Crippen LogP contribution >= 0.6 is 11.3 Å². The van der Waals surface area contributed by atoms with E-state index in [1.165, 1.54) is 30.6 Å². The summed E-state index contributed by atoms with van der Waals surface area (Å²) in [5.41, 5.74) is 1.65. The van der Waals surface area contributed by atoms with E-state index in [9.17, 15) is 13.2 Å². The quantitative estimate of drug-likeness (QED) is 0.614. The van der Waals surface area contributed by atoms with Crippen molar-refractivity contribution in [2.45, 2.75) is 4.90 Å². The number of ether oxygens (including phenoxy) is 1. The molecule has 4 rings (SSSR count). The number of anilines is 2. The summed E-state index contributed by atoms with van der Waals surface area (Å²) in [7, 11) is -2.39. The van der Waals surface area contributed by atoms with Crippen LogP contribution in [0.3, 0.4) is 0 Å². The van der Waals surface area contributed by atoms with Gasteiger partial charge in [-0.3, -0.25) is 0 Å². The Bertz CT molecular complexity index is 1150. The van der Waals surface area contributed by atoms with Gasteiger partial charge in [-0.25, -0.2) is 28.3 Å². The fraction of sp³-hybridized carbons (Fsp3) is 0.278. The molecule has 1 aliphatic rings. The second kappa shape index (κ2) is 7.58. The summed E-state index contributed by atoms with van der Waals surface area (Å²) in [6.45, 7) is 2.83. The number of methoxy groups -OCH3 is 1. The van der Waals surface area contributed by atoms with Crippen molar-refractivity contribution < 1.29 is 17.9 Å². The molecule has 1 aliphatic heterocycles. The monoisotopic (exact) mass is 433 g/mol. The van der Waals surface area contributed by atoms with Gasteiger partial charge in [0.15, 0.2) is 5.82 Å². The second-order valence-electron chi connectivity index (χ2n) is 6.51. The number of rotatable bonds is 4. The van der Waals surface area contributed by atoms with E-state index in [-0.39, 0.29) is 10.7 Å². The van der Waals surface area contributed by atoms with E-state index in [1.54, 1.807) is 12.1 Å². The van der Waals surface area contributed by atoms with Gasteiger partial charge >= 0.3 is 5.97 Å². The van der Waals surface area contributed by atoms with Gasteiger partial charge in [-0.15, -0.1) is 11.3 Å². The normalized spacial score (nSPS) is 15.0. The lowest BCUT2D eigenvalue weighted by molar-refractivity contribution is 0.0587. The molecule has 0 saturated carbocycles. The highest BCUT2D eigenvalue weighted by Gasteiger charge is 2.23. The van der Waals surface area contributed by atoms with Gasteiger partial charge in [-0.05, 0) is 35.7 Å². The molecule has 9 nitrogen and oxygen atoms in total. The number of fused-ring (bicyclic) bond motifs is 1. The number of primary sulfonamides is 1. The van der Waals surface area contributed by atoms with E-state index in [1.807, 2.05) is 11.4 Å². The molecule has 1 saturated heterocycles. The Morgan fingerprint density at radius 1 is 1.07 bits per heavy atom. The zero-order valence-electron chi connectivity index (χ0n) is 15.6. The number of piperazine rings is 1. The molecule has 29 heavy (non-hydrogen) atoms. The standard InChI is InChI=1S/C18H19N5O4S2/c1-27-18(24)16-20-14-6-11-28-15(14)17(21-16)23-9-7-22(8-10-23)12-2-4-13(5-3-12)29(19,25)26/h2-6,11H,7-10H2,1H3,(H2,19,25,26). The van der Waals surface area contributed by atoms with Crippen molar-refractivity contribution in [1.29, 1.82) is 0 Å². The SMILES string of the molecule is COC(=O)c1nc(N2CCN(c3ccc(S(N)(=O)=O)cc3)CC2)c2sccc2n1. The van der Waals surface area contributed by atoms with Gasteiger partial charge in [0.25, 0.3) is 0 Å². The van der Waals surface area contributed by atoms with Crippen LogP contribution in [0, 0.1) is 0 Å². The summed E-state index contributed by atoms with van der Waals surface area (Å²) in [4.78, 5) is 25.0. The topological polar surface area (TPSA) is 119 Å². The predicted molar refractivity (Wildman–Crippen MR) is 111 cm³/mol. The molecule has 0 amide bonds. The van der Waals surface area contributed by atoms with Gasteiger partial charge in [0.1, 0.15) is 0 Å². The van der Waals surface area contributed by atoms with Crippen molar-refractivity contribution in [2.24, 2.45) is 5.14 Å². The average molecular weight is 434 g/mol. The number of aromatic nitrogens is 2. The molecule has 0 unspecified atom stereocenters. The van der Waals surface area contributed by atoms with Gasteiger partial charge in [0, 0.05) is 31.9 Å². The van der Waals surface area contributed by atoms with Gasteiger partial charge in [-0.2, -0.15) is 0 Å². The molecule has 0 atom stereocenters. The molecular formula is C18H19N5O4S2. The average Bonchev–Trinajstić information content (AvgIpc) is 3.21. The number of carbonyl (C=O) groups is 1. The Kier molecular flexibility index (Phi) is 5.11. The van der Waals surface area contributed by atoms with Crippen LogP contribution < -0.4 is 14.9 Å². The van der Waals surface area contributed by atoms with E-state index in [0.29, 0.717) is 13.1 Å². The van der Waals surface area contributed by atoms with Gasteiger partial charge in [0.2, 0.25) is 15.8 Å². The summed E-state index contributed by atoms with van der Waals surface area (Å²) in [5.74, 6) is 0.219. The first-order valence-electron chi connectivity index (χ1n) is 8.83. The molecule has 152 valence electrons. The smallest absolute Gasteiger partial charge is 0.376 e. The van der Waals surface area contributed by atoms with Crippen molar-refractivity contribution in [3.8, 4) is 0 Å². The number of esters is 1. The molecule has 0 aliphatic carbocycles. The second-order valence-corrected chi connectivity index (χ2v) is 8.99. The zero-order chi connectivity index (χ0) is 20.6. The number of hydrogen-bond acceptors (Lipinski definition) is 9. The number of thiophene rings is 1. The minimum atomic E-state index is -3.70. The highest BCUT2D eigenvalue weighted by molar-refractivity contribution is 7.89. The minimum Gasteiger partial charge on any atom is -0.463 e. The zero-order valence-corrected chi connectivity index (χ0v) is 17.2. The summed E-state index contributed by atoms with van der Waals surface area (Å²) >= 11 is 1.54. The van der Waals surface area contributed by atoms with Gasteiger partial charge in [-0.1, -0.05) is 0 Å². The largest absolute Gasteiger partial charge is 0.463 e. The van der Waals surface area contributed by atoms with Crippen LogP contribution in [-0.2, 0) is 14.8 Å². The maximum Gasteiger partial charge on any atom is 0.376 e. The van der Waals surface area contributed by atoms with E-state index in [0.717, 1.165) is 34.8 Å². The number of sulfonamides is 1. The lowest BCUT2D eigenvalue weighted by Crippen LogP contribution is -2.47. The Morgan fingerprint density at radius 3 is 2.34 bits per heavy atom. The fourth-order valence-corrected chi connectivity index (χ4v) is 4.63. The first kappa shape index (κ1) is 19.6. The molecule has 1 fully saturated rings. The Morgan fingerprint density at radius 2 is 1.72 bits per heavy atom. The maximum absolute atomic E-state index is 11.9. The van der Waals surface area contributed by atoms with E-state index >= 15 is 0 Å². The summed E-state index contributed by atoms with van der Waals surface area (Å²) in [6, 6.07) is 8.40. The van der Waals surface area contributed by atoms with Crippen LogP contribution in [0.25, 0.3) is 10.2 Å². The van der Waals surface area contributed by atoms with Crippen molar-refractivity contribution in [3.05, 3.63) is 41.5 Å². The first-order chi connectivity index (χ1) is 13.9. The third-order valence-corrected chi connectivity index (χ3v) is 6.59. The van der Waals surface area contributed by atoms with Gasteiger partial charge in [0.05, 0.1) is 22.2 Å². The highest BCUT2D eigenvalue weighted by Crippen LogP contribution is 2.30. The predicted octanol–water partition coefficient (Wildman–Crippen LogP) is 1.45. The van der Waals surface area contributed by atoms with E-state index in [2.05, 4.69) is 19.8 Å². The van der Waals surface area contributed by atoms with Crippen LogP contribution in [0.4, 0.5) is 11.5 Å². The Labute approximate surface area is 171 Å². The molecule has 0 radical (unpaired) electrons. The molecule has 2 N–H and O–H groups in total. The fourth-order valence-electron chi connectivity index (χ4n) is 3.27. The van der Waals surface area contributed by atoms with E-state index in [4.69, 9.17) is 9.88 Å². The number of benzene rings is 1. The lowest BCUT2D eigenvalue weighted by Gasteiger charge is -2.37. The number of hydrogen-bond donors (Lipinski definition) is 1. The lowest BCUT2D eigenvalue weighted by atomic mass is 10.2. The van der Waals surface area contributed by atoms with Crippen LogP contribution in [0.5, 0.6) is 0 Å². The molecular weight excluding hydrogens is 414 g/mol. The first-order valence-corrected chi connectivity index (χ1v) is 11.3. The summed E-state index contributed by atoms with van der Waals surface area (Å²) in [6.07, 6.45) is 0. The molecule has 2 aromatic heterocycles. The van der Waals surface area contributed by atoms with Crippen LogP contribution in [0.15, 0.2) is 40.6 Å². The Balaban J connectivity index is 1.54. The van der Waals surface area contributed by atoms with Crippen molar-refractivity contribution in [2.75, 3.05) is 43.1 Å². The Hall–Kier alpha value is -2.76. The highest BCUT2D eigenvalue weighted by atomic mass is 32.2. The number of carbonyl (C=O) groups excluding carboxylic acids is 1. The van der Waals surface area contributed by atoms with Crippen LogP contribution in [0.1, 0.15) is 10.6 Å². The van der Waals surface area contributed by atoms with Crippen LogP contribution in [0.2, 0.25) is 0 Å². The van der Waals surface area contributed by atoms with E-state index < -0.39 is 16.0 Å². The third-order valence-electron chi connectivity index (χ3n) is 4.76. The molecule has 3 heterocycles. The van der Waals surface area contributed by atoms with Crippen LogP contribution in [-0.4, -0.2) is 57.6 Å². The van der Waals surface area contributed by atoms with Crippen molar-refractivity contribution in [1.82, 2.24) is 9.97 Å². The van der Waals surface area contributed by atoms with Gasteiger partial charge < -0.3 is 14.5 Å². The number of nitrogens with zero attached hydrogens (tertiary/aromatic N) is 4. The minimum absolute atomic E-state index is 0.0504. The molecule has 3 aromatic rings. The summed E-state index contributed by atoms with van der Waals surface area (Å²) in [5, 5.41) is 7.08. The van der Waals surface area contributed by atoms with Crippen molar-refractivity contribution in [3.63, 3.8) is 0 Å². The molecule has 0 spiro atoms. The maximum atomic E-state index is 11.9. The number of nitrogens with two attached hydrogens (primary N) is 1. The molecule has 1 aromatic carbocycles. The summed E-state index contributed by atoms with van der Waals surface area (Å²) < 4.78 is 28.5. The third kappa shape index (κ3) is 3.88. The molecule has 0 bridgehead atoms. The molecule has 11 heteroatoms.